The fraction of sp³-hybridized carbons (Fsp3) is 0.600. The molecule has 3 heterocycles. The van der Waals surface area contributed by atoms with Gasteiger partial charge in [0.15, 0.2) is 11.6 Å². The van der Waals surface area contributed by atoms with Gasteiger partial charge in [-0.15, -0.1) is 0 Å². The predicted molar refractivity (Wildman–Crippen MR) is 93.6 cm³/mol. The van der Waals surface area contributed by atoms with E-state index in [1.807, 2.05) is 4.90 Å². The Morgan fingerprint density at radius 2 is 2.00 bits per heavy atom. The Bertz CT molecular complexity index is 741. The number of carbonyl (C=O) groups excluding carboxylic acids is 2. The molecule has 27 heavy (non-hydrogen) atoms. The van der Waals surface area contributed by atoms with E-state index in [9.17, 15) is 18.4 Å². The van der Waals surface area contributed by atoms with Crippen LogP contribution < -0.4 is 0 Å². The van der Waals surface area contributed by atoms with Crippen molar-refractivity contribution in [2.24, 2.45) is 11.3 Å². The standard InChI is InChI=1S/C20H24F2N2O3/c21-16-2-1-14(9-17(16)22)11-24-13-20(10-18(24)25)4-6-23(7-5-20)19(26)15-3-8-27-12-15/h1-2,9,15H,3-8,10-13H2/t15-/m1/s1. The topological polar surface area (TPSA) is 49.9 Å². The van der Waals surface area contributed by atoms with E-state index < -0.39 is 11.6 Å². The summed E-state index contributed by atoms with van der Waals surface area (Å²) in [4.78, 5) is 28.7. The van der Waals surface area contributed by atoms with Crippen LogP contribution in [0.1, 0.15) is 31.2 Å². The highest BCUT2D eigenvalue weighted by atomic mass is 19.2. The number of nitrogens with zero attached hydrogens (tertiary/aromatic N) is 2. The normalized spacial score (nSPS) is 24.8. The molecule has 3 saturated heterocycles. The van der Waals surface area contributed by atoms with Crippen LogP contribution in [0, 0.1) is 23.0 Å². The van der Waals surface area contributed by atoms with Gasteiger partial charge in [0.2, 0.25) is 11.8 Å². The number of halogens is 2. The van der Waals surface area contributed by atoms with Gasteiger partial charge in [-0.25, -0.2) is 8.78 Å². The van der Waals surface area contributed by atoms with Gasteiger partial charge < -0.3 is 14.5 Å². The molecule has 0 bridgehead atoms. The van der Waals surface area contributed by atoms with E-state index in [1.165, 1.54) is 6.07 Å². The number of piperidine rings is 1. The van der Waals surface area contributed by atoms with Crippen LogP contribution in [0.5, 0.6) is 0 Å². The van der Waals surface area contributed by atoms with Crippen LogP contribution in [0.2, 0.25) is 0 Å². The number of likely N-dealkylation sites (tertiary alicyclic amines) is 2. The summed E-state index contributed by atoms with van der Waals surface area (Å²) in [6.45, 7) is 3.41. The van der Waals surface area contributed by atoms with Crippen molar-refractivity contribution in [1.29, 1.82) is 0 Å². The molecule has 0 saturated carbocycles. The van der Waals surface area contributed by atoms with Gasteiger partial charge in [-0.05, 0) is 37.0 Å². The van der Waals surface area contributed by atoms with Gasteiger partial charge in [0, 0.05) is 44.6 Å². The molecule has 0 aromatic heterocycles. The van der Waals surface area contributed by atoms with Crippen molar-refractivity contribution in [3.8, 4) is 0 Å². The molecule has 7 heteroatoms. The Hall–Kier alpha value is -2.02. The average molecular weight is 378 g/mol. The minimum Gasteiger partial charge on any atom is -0.381 e. The molecule has 0 aliphatic carbocycles. The number of amides is 2. The van der Waals surface area contributed by atoms with Gasteiger partial charge in [0.1, 0.15) is 0 Å². The second-order valence-corrected chi connectivity index (χ2v) is 8.06. The minimum absolute atomic E-state index is 0.0193. The zero-order valence-corrected chi connectivity index (χ0v) is 15.3. The number of hydrogen-bond acceptors (Lipinski definition) is 3. The van der Waals surface area contributed by atoms with E-state index in [0.29, 0.717) is 51.4 Å². The molecule has 146 valence electrons. The molecule has 0 unspecified atom stereocenters. The van der Waals surface area contributed by atoms with Crippen LogP contribution in [0.25, 0.3) is 0 Å². The highest BCUT2D eigenvalue weighted by Crippen LogP contribution is 2.42. The summed E-state index contributed by atoms with van der Waals surface area (Å²) >= 11 is 0. The van der Waals surface area contributed by atoms with Gasteiger partial charge in [-0.2, -0.15) is 0 Å². The summed E-state index contributed by atoms with van der Waals surface area (Å²) in [6, 6.07) is 3.76. The number of ether oxygens (including phenoxy) is 1. The van der Waals surface area contributed by atoms with Crippen LogP contribution >= 0.6 is 0 Å². The number of benzene rings is 1. The van der Waals surface area contributed by atoms with Gasteiger partial charge in [-0.3, -0.25) is 9.59 Å². The van der Waals surface area contributed by atoms with Crippen molar-refractivity contribution in [2.45, 2.75) is 32.2 Å². The molecule has 0 N–H and O–H groups in total. The second-order valence-electron chi connectivity index (χ2n) is 8.06. The van der Waals surface area contributed by atoms with E-state index in [4.69, 9.17) is 4.74 Å². The molecule has 5 nitrogen and oxygen atoms in total. The van der Waals surface area contributed by atoms with Crippen molar-refractivity contribution in [3.05, 3.63) is 35.4 Å². The molecule has 1 aromatic carbocycles. The molecule has 1 spiro atoms. The van der Waals surface area contributed by atoms with Crippen LogP contribution in [0.4, 0.5) is 8.78 Å². The molecule has 3 aliphatic rings. The van der Waals surface area contributed by atoms with Gasteiger partial charge >= 0.3 is 0 Å². The molecule has 1 atom stereocenters. The minimum atomic E-state index is -0.892. The molecule has 0 radical (unpaired) electrons. The lowest BCUT2D eigenvalue weighted by atomic mass is 9.77. The summed E-state index contributed by atoms with van der Waals surface area (Å²) in [5, 5.41) is 0. The maximum absolute atomic E-state index is 13.4. The third kappa shape index (κ3) is 3.70. The number of rotatable bonds is 3. The Balaban J connectivity index is 1.36. The van der Waals surface area contributed by atoms with Crippen LogP contribution in [-0.2, 0) is 20.9 Å². The first-order chi connectivity index (χ1) is 13.0. The average Bonchev–Trinajstić information content (AvgIpc) is 3.28. The lowest BCUT2D eigenvalue weighted by Crippen LogP contribution is -2.46. The van der Waals surface area contributed by atoms with E-state index in [2.05, 4.69) is 0 Å². The molecular weight excluding hydrogens is 354 g/mol. The van der Waals surface area contributed by atoms with Crippen LogP contribution in [0.3, 0.4) is 0 Å². The van der Waals surface area contributed by atoms with E-state index in [1.54, 1.807) is 4.90 Å². The van der Waals surface area contributed by atoms with Crippen molar-refractivity contribution in [1.82, 2.24) is 9.80 Å². The summed E-state index contributed by atoms with van der Waals surface area (Å²) in [5.41, 5.74) is 0.478. The van der Waals surface area contributed by atoms with Crippen LogP contribution in [-0.4, -0.2) is 54.5 Å². The Morgan fingerprint density at radius 3 is 2.67 bits per heavy atom. The van der Waals surface area contributed by atoms with Crippen molar-refractivity contribution in [2.75, 3.05) is 32.8 Å². The predicted octanol–water partition coefficient (Wildman–Crippen LogP) is 2.34. The SMILES string of the molecule is O=C1CC2(CCN(C(=O)[C@@H]3CCOC3)CC2)CN1Cc1ccc(F)c(F)c1. The second kappa shape index (κ2) is 7.19. The third-order valence-electron chi connectivity index (χ3n) is 6.18. The highest BCUT2D eigenvalue weighted by molar-refractivity contribution is 5.81. The first kappa shape index (κ1) is 18.3. The number of carbonyl (C=O) groups is 2. The first-order valence-electron chi connectivity index (χ1n) is 9.54. The summed E-state index contributed by atoms with van der Waals surface area (Å²) in [5.74, 6) is -1.58. The zero-order valence-electron chi connectivity index (χ0n) is 15.3. The monoisotopic (exact) mass is 378 g/mol. The lowest BCUT2D eigenvalue weighted by molar-refractivity contribution is -0.137. The Labute approximate surface area is 157 Å². The summed E-state index contributed by atoms with van der Waals surface area (Å²) < 4.78 is 31.8. The van der Waals surface area contributed by atoms with Crippen molar-refractivity contribution < 1.29 is 23.1 Å². The highest BCUT2D eigenvalue weighted by Gasteiger charge is 2.45. The molecule has 2 amide bonds. The maximum Gasteiger partial charge on any atom is 0.228 e. The molecule has 3 aliphatic heterocycles. The fourth-order valence-corrected chi connectivity index (χ4v) is 4.51. The van der Waals surface area contributed by atoms with Gasteiger partial charge in [-0.1, -0.05) is 6.07 Å². The first-order valence-corrected chi connectivity index (χ1v) is 9.54. The fourth-order valence-electron chi connectivity index (χ4n) is 4.51. The molecule has 1 aromatic rings. The maximum atomic E-state index is 13.4. The summed E-state index contributed by atoms with van der Waals surface area (Å²) in [7, 11) is 0. The van der Waals surface area contributed by atoms with E-state index >= 15 is 0 Å². The smallest absolute Gasteiger partial charge is 0.228 e. The van der Waals surface area contributed by atoms with Gasteiger partial charge in [0.25, 0.3) is 0 Å². The van der Waals surface area contributed by atoms with Crippen molar-refractivity contribution in [3.63, 3.8) is 0 Å². The van der Waals surface area contributed by atoms with Gasteiger partial charge in [0.05, 0.1) is 12.5 Å². The summed E-state index contributed by atoms with van der Waals surface area (Å²) in [6.07, 6.45) is 2.85. The van der Waals surface area contributed by atoms with Crippen LogP contribution in [0.15, 0.2) is 18.2 Å². The van der Waals surface area contributed by atoms with Crippen molar-refractivity contribution >= 4 is 11.8 Å². The van der Waals surface area contributed by atoms with E-state index in [0.717, 1.165) is 31.4 Å². The quantitative estimate of drug-likeness (QED) is 0.811. The largest absolute Gasteiger partial charge is 0.381 e. The van der Waals surface area contributed by atoms with E-state index in [-0.39, 0.29) is 23.1 Å². The Morgan fingerprint density at radius 1 is 1.22 bits per heavy atom. The molecule has 3 fully saturated rings. The zero-order chi connectivity index (χ0) is 19.0. The third-order valence-corrected chi connectivity index (χ3v) is 6.18. The molecule has 4 rings (SSSR count). The molecular formula is C20H24F2N2O3. The number of hydrogen-bond donors (Lipinski definition) is 0. The Kier molecular flexibility index (Phi) is 4.88. The lowest BCUT2D eigenvalue weighted by Gasteiger charge is -2.39.